The van der Waals surface area contributed by atoms with Gasteiger partial charge in [0.05, 0.1) is 8.66 Å². The predicted octanol–water partition coefficient (Wildman–Crippen LogP) is 3.79. The molecule has 0 saturated heterocycles. The number of amides is 1. The number of carbonyl (C=O) groups is 1. The lowest BCUT2D eigenvalue weighted by molar-refractivity contribution is 0.0997. The van der Waals surface area contributed by atoms with Crippen molar-refractivity contribution in [3.05, 3.63) is 51.1 Å². The number of hydrogen-bond donors (Lipinski definition) is 0. The van der Waals surface area contributed by atoms with Crippen LogP contribution in [-0.4, -0.2) is 13.0 Å². The molecule has 0 fully saturated rings. The van der Waals surface area contributed by atoms with Crippen molar-refractivity contribution in [2.75, 3.05) is 11.9 Å². The van der Waals surface area contributed by atoms with Gasteiger partial charge in [0.25, 0.3) is 5.91 Å². The minimum absolute atomic E-state index is 0.0156. The van der Waals surface area contributed by atoms with Crippen LogP contribution in [0.3, 0.4) is 0 Å². The molecule has 1 amide bonds. The number of anilines is 1. The summed E-state index contributed by atoms with van der Waals surface area (Å²) in [5.74, 6) is 0.0156. The largest absolute Gasteiger partial charge is 0.311 e. The molecule has 0 aliphatic rings. The van der Waals surface area contributed by atoms with Gasteiger partial charge in [0, 0.05) is 12.7 Å². The first-order chi connectivity index (χ1) is 7.68. The Bertz CT molecular complexity index is 495. The molecule has 4 heteroatoms. The molecule has 0 aliphatic heterocycles. The summed E-state index contributed by atoms with van der Waals surface area (Å²) in [5, 5.41) is 0. The van der Waals surface area contributed by atoms with Crippen LogP contribution in [0.15, 0.2) is 46.3 Å². The molecular weight excluding hydrogens is 286 g/mol. The van der Waals surface area contributed by atoms with Gasteiger partial charge in [-0.25, -0.2) is 0 Å². The van der Waals surface area contributed by atoms with Gasteiger partial charge in [0.15, 0.2) is 0 Å². The summed E-state index contributed by atoms with van der Waals surface area (Å²) >= 11 is 4.80. The Kier molecular flexibility index (Phi) is 3.41. The van der Waals surface area contributed by atoms with Crippen molar-refractivity contribution < 1.29 is 4.79 Å². The van der Waals surface area contributed by atoms with Gasteiger partial charge in [-0.2, -0.15) is 0 Å². The van der Waals surface area contributed by atoms with Crippen LogP contribution in [0.5, 0.6) is 0 Å². The summed E-state index contributed by atoms with van der Waals surface area (Å²) in [7, 11) is 1.78. The van der Waals surface area contributed by atoms with Crippen molar-refractivity contribution in [1.29, 1.82) is 0 Å². The smallest absolute Gasteiger partial charge is 0.268 e. The second-order valence-corrected chi connectivity index (χ2v) is 5.77. The summed E-state index contributed by atoms with van der Waals surface area (Å²) in [6.45, 7) is 0. The minimum atomic E-state index is 0.0156. The Morgan fingerprint density at radius 3 is 2.44 bits per heavy atom. The highest BCUT2D eigenvalue weighted by Gasteiger charge is 2.14. The molecule has 0 atom stereocenters. The highest BCUT2D eigenvalue weighted by atomic mass is 79.9. The molecule has 82 valence electrons. The molecule has 0 unspecified atom stereocenters. The molecule has 0 spiro atoms. The zero-order valence-electron chi connectivity index (χ0n) is 8.68. The van der Waals surface area contributed by atoms with Gasteiger partial charge in [-0.1, -0.05) is 18.2 Å². The first-order valence-electron chi connectivity index (χ1n) is 4.77. The van der Waals surface area contributed by atoms with Gasteiger partial charge in [0.1, 0.15) is 0 Å². The van der Waals surface area contributed by atoms with E-state index in [0.717, 1.165) is 14.4 Å². The monoisotopic (exact) mass is 295 g/mol. The van der Waals surface area contributed by atoms with E-state index in [0.29, 0.717) is 0 Å². The third-order valence-corrected chi connectivity index (χ3v) is 3.84. The normalized spacial score (nSPS) is 10.1. The molecule has 1 heterocycles. The number of rotatable bonds is 2. The average molecular weight is 296 g/mol. The molecule has 2 rings (SSSR count). The Labute approximate surface area is 107 Å². The Hall–Kier alpha value is -1.13. The highest BCUT2D eigenvalue weighted by molar-refractivity contribution is 9.11. The summed E-state index contributed by atoms with van der Waals surface area (Å²) < 4.78 is 0.970. The van der Waals surface area contributed by atoms with Gasteiger partial charge in [-0.05, 0) is 40.2 Å². The maximum atomic E-state index is 12.1. The van der Waals surface area contributed by atoms with E-state index in [4.69, 9.17) is 0 Å². The number of halogens is 1. The lowest BCUT2D eigenvalue weighted by Gasteiger charge is -2.15. The third kappa shape index (κ3) is 2.33. The average Bonchev–Trinajstić information content (AvgIpc) is 2.75. The van der Waals surface area contributed by atoms with Crippen molar-refractivity contribution in [2.45, 2.75) is 0 Å². The SMILES string of the molecule is CN(C(=O)c1ccc(Br)s1)c1ccccc1. The Morgan fingerprint density at radius 2 is 1.88 bits per heavy atom. The summed E-state index contributed by atoms with van der Waals surface area (Å²) in [4.78, 5) is 14.5. The van der Waals surface area contributed by atoms with Gasteiger partial charge in [0.2, 0.25) is 0 Å². The molecule has 1 aromatic carbocycles. The molecule has 2 nitrogen and oxygen atoms in total. The van der Waals surface area contributed by atoms with Crippen LogP contribution in [0.2, 0.25) is 0 Å². The van der Waals surface area contributed by atoms with E-state index in [-0.39, 0.29) is 5.91 Å². The third-order valence-electron chi connectivity index (χ3n) is 2.23. The van der Waals surface area contributed by atoms with Crippen molar-refractivity contribution in [3.8, 4) is 0 Å². The van der Waals surface area contributed by atoms with Crippen molar-refractivity contribution >= 4 is 38.9 Å². The number of thiophene rings is 1. The highest BCUT2D eigenvalue weighted by Crippen LogP contribution is 2.24. The molecule has 0 N–H and O–H groups in total. The first kappa shape index (κ1) is 11.4. The Morgan fingerprint density at radius 1 is 1.19 bits per heavy atom. The van der Waals surface area contributed by atoms with Crippen LogP contribution < -0.4 is 4.90 Å². The van der Waals surface area contributed by atoms with Crippen LogP contribution in [0.4, 0.5) is 5.69 Å². The molecule has 0 radical (unpaired) electrons. The summed E-state index contributed by atoms with van der Waals surface area (Å²) in [6.07, 6.45) is 0. The van der Waals surface area contributed by atoms with E-state index in [1.807, 2.05) is 42.5 Å². The summed E-state index contributed by atoms with van der Waals surface area (Å²) in [5.41, 5.74) is 0.900. The Balaban J connectivity index is 2.23. The minimum Gasteiger partial charge on any atom is -0.311 e. The predicted molar refractivity (Wildman–Crippen MR) is 71.2 cm³/mol. The van der Waals surface area contributed by atoms with Gasteiger partial charge < -0.3 is 4.90 Å². The van der Waals surface area contributed by atoms with E-state index in [1.54, 1.807) is 11.9 Å². The molecule has 1 aromatic heterocycles. The van der Waals surface area contributed by atoms with Gasteiger partial charge in [-0.15, -0.1) is 11.3 Å². The quantitative estimate of drug-likeness (QED) is 0.825. The maximum absolute atomic E-state index is 12.1. The fourth-order valence-corrected chi connectivity index (χ4v) is 2.73. The fourth-order valence-electron chi connectivity index (χ4n) is 1.36. The fraction of sp³-hybridized carbons (Fsp3) is 0.0833. The standard InChI is InChI=1S/C12H10BrNOS/c1-14(9-5-3-2-4-6-9)12(15)10-7-8-11(13)16-10/h2-8H,1H3. The van der Waals surface area contributed by atoms with Crippen molar-refractivity contribution in [2.24, 2.45) is 0 Å². The molecule has 0 saturated carbocycles. The summed E-state index contributed by atoms with van der Waals surface area (Å²) in [6, 6.07) is 13.3. The molecule has 16 heavy (non-hydrogen) atoms. The van der Waals surface area contributed by atoms with Crippen LogP contribution >= 0.6 is 27.3 Å². The zero-order chi connectivity index (χ0) is 11.5. The zero-order valence-corrected chi connectivity index (χ0v) is 11.1. The second kappa shape index (κ2) is 4.80. The van der Waals surface area contributed by atoms with E-state index < -0.39 is 0 Å². The first-order valence-corrected chi connectivity index (χ1v) is 6.38. The van der Waals surface area contributed by atoms with Gasteiger partial charge in [-0.3, -0.25) is 4.79 Å². The number of hydrogen-bond acceptors (Lipinski definition) is 2. The van der Waals surface area contributed by atoms with Gasteiger partial charge >= 0.3 is 0 Å². The van der Waals surface area contributed by atoms with Crippen LogP contribution in [0, 0.1) is 0 Å². The second-order valence-electron chi connectivity index (χ2n) is 3.30. The van der Waals surface area contributed by atoms with E-state index >= 15 is 0 Å². The molecule has 0 bridgehead atoms. The van der Waals surface area contributed by atoms with Crippen molar-refractivity contribution in [1.82, 2.24) is 0 Å². The lowest BCUT2D eigenvalue weighted by atomic mass is 10.3. The molecule has 0 aliphatic carbocycles. The van der Waals surface area contributed by atoms with Crippen LogP contribution in [-0.2, 0) is 0 Å². The lowest BCUT2D eigenvalue weighted by Crippen LogP contribution is -2.25. The van der Waals surface area contributed by atoms with E-state index in [9.17, 15) is 4.79 Å². The topological polar surface area (TPSA) is 20.3 Å². The van der Waals surface area contributed by atoms with E-state index in [1.165, 1.54) is 11.3 Å². The molecular formula is C12H10BrNOS. The number of carbonyl (C=O) groups excluding carboxylic acids is 1. The maximum Gasteiger partial charge on any atom is 0.268 e. The number of para-hydroxylation sites is 1. The van der Waals surface area contributed by atoms with Crippen LogP contribution in [0.1, 0.15) is 9.67 Å². The number of nitrogens with zero attached hydrogens (tertiary/aromatic N) is 1. The van der Waals surface area contributed by atoms with Crippen LogP contribution in [0.25, 0.3) is 0 Å². The molecule has 2 aromatic rings. The van der Waals surface area contributed by atoms with E-state index in [2.05, 4.69) is 15.9 Å². The number of benzene rings is 1. The van der Waals surface area contributed by atoms with Crippen molar-refractivity contribution in [3.63, 3.8) is 0 Å².